The third kappa shape index (κ3) is 6.15. The summed E-state index contributed by atoms with van der Waals surface area (Å²) in [6.07, 6.45) is 2.62. The third-order valence-electron chi connectivity index (χ3n) is 7.08. The first-order valence-corrected chi connectivity index (χ1v) is 17.6. The maximum atomic E-state index is 12.9. The zero-order chi connectivity index (χ0) is 27.9. The summed E-state index contributed by atoms with van der Waals surface area (Å²) in [7, 11) is -1.25. The fourth-order valence-corrected chi connectivity index (χ4v) is 5.78. The van der Waals surface area contributed by atoms with Gasteiger partial charge in [0.15, 0.2) is 12.1 Å². The Morgan fingerprint density at radius 2 is 2.00 bits per heavy atom. The van der Waals surface area contributed by atoms with Gasteiger partial charge in [-0.15, -0.1) is 0 Å². The first-order chi connectivity index (χ1) is 18.4. The predicted octanol–water partition coefficient (Wildman–Crippen LogP) is 5.74. The molecule has 1 aromatic carbocycles. The van der Waals surface area contributed by atoms with Crippen LogP contribution in [-0.4, -0.2) is 57.2 Å². The van der Waals surface area contributed by atoms with Gasteiger partial charge in [-0.05, 0) is 64.3 Å². The van der Waals surface area contributed by atoms with Crippen LogP contribution in [0.15, 0.2) is 18.2 Å². The monoisotopic (exact) mass is 554 g/mol. The second kappa shape index (κ2) is 10.6. The number of benzene rings is 1. The van der Waals surface area contributed by atoms with E-state index >= 15 is 0 Å². The van der Waals surface area contributed by atoms with Crippen LogP contribution in [0.1, 0.15) is 57.6 Å². The van der Waals surface area contributed by atoms with E-state index in [0.29, 0.717) is 32.1 Å². The summed E-state index contributed by atoms with van der Waals surface area (Å²) in [6, 6.07) is 6.93. The number of rotatable bonds is 7. The molecule has 1 fully saturated rings. The van der Waals surface area contributed by atoms with Crippen LogP contribution in [0.4, 0.5) is 10.5 Å². The van der Waals surface area contributed by atoms with Crippen molar-refractivity contribution in [2.24, 2.45) is 0 Å². The van der Waals surface area contributed by atoms with E-state index in [1.54, 1.807) is 4.90 Å². The summed E-state index contributed by atoms with van der Waals surface area (Å²) in [5, 5.41) is 6.00. The van der Waals surface area contributed by atoms with Crippen LogP contribution < -0.4 is 5.73 Å². The van der Waals surface area contributed by atoms with E-state index in [-0.39, 0.29) is 12.3 Å². The fourth-order valence-electron chi connectivity index (χ4n) is 5.03. The first kappa shape index (κ1) is 27.7. The molecule has 0 aliphatic carbocycles. The summed E-state index contributed by atoms with van der Waals surface area (Å²) in [6.45, 7) is 15.2. The van der Waals surface area contributed by atoms with Gasteiger partial charge in [0.2, 0.25) is 0 Å². The third-order valence-corrected chi connectivity index (χ3v) is 8.78. The molecule has 3 aromatic rings. The summed E-state index contributed by atoms with van der Waals surface area (Å²) in [5.41, 5.74) is 9.84. The lowest BCUT2D eigenvalue weighted by Gasteiger charge is -2.24. The average molecular weight is 555 g/mol. The molecule has 0 bridgehead atoms. The minimum atomic E-state index is -1.25. The molecule has 0 spiro atoms. The molecule has 0 radical (unpaired) electrons. The number of nitrogens with two attached hydrogens (primary N) is 1. The number of imidazole rings is 1. The number of hydrogen-bond acceptors (Lipinski definition) is 7. The van der Waals surface area contributed by atoms with E-state index in [1.165, 1.54) is 0 Å². The molecule has 2 aromatic heterocycles. The Hall–Kier alpha value is -2.89. The number of nitrogen functional groups attached to an aromatic ring is 1. The molecule has 10 nitrogen and oxygen atoms in total. The quantitative estimate of drug-likeness (QED) is 0.225. The van der Waals surface area contributed by atoms with Gasteiger partial charge in [0, 0.05) is 32.4 Å². The lowest BCUT2D eigenvalue weighted by molar-refractivity contribution is -0.0365. The molecule has 11 heteroatoms. The van der Waals surface area contributed by atoms with Crippen molar-refractivity contribution in [1.29, 1.82) is 0 Å². The van der Waals surface area contributed by atoms with Crippen molar-refractivity contribution in [2.45, 2.75) is 97.4 Å². The van der Waals surface area contributed by atoms with Gasteiger partial charge in [-0.2, -0.15) is 5.10 Å². The number of carbonyl (C=O) groups is 1. The van der Waals surface area contributed by atoms with Gasteiger partial charge in [0.25, 0.3) is 0 Å². The number of fused-ring (bicyclic) bond motifs is 2. The second-order valence-electron chi connectivity index (χ2n) is 12.8. The number of nitrogens with zero attached hydrogens (tertiary/aromatic N) is 5. The van der Waals surface area contributed by atoms with Crippen LogP contribution in [0.2, 0.25) is 25.7 Å². The van der Waals surface area contributed by atoms with Gasteiger partial charge in [0.1, 0.15) is 18.0 Å². The highest BCUT2D eigenvalue weighted by atomic mass is 28.3. The van der Waals surface area contributed by atoms with Crippen LogP contribution in [0, 0.1) is 0 Å². The normalized spacial score (nSPS) is 18.1. The SMILES string of the molecule is CC(C)(C)OC(=O)N1Cc2nc(-c3nn(C4CCCCO4)c4ccc(N)cc34)n(COCC[Si](C)(C)C)c2C1. The molecule has 4 heterocycles. The zero-order valence-corrected chi connectivity index (χ0v) is 25.1. The molecule has 2 aliphatic heterocycles. The maximum absolute atomic E-state index is 12.9. The predicted molar refractivity (Wildman–Crippen MR) is 154 cm³/mol. The Morgan fingerprint density at radius 3 is 2.69 bits per heavy atom. The topological polar surface area (TPSA) is 110 Å². The Kier molecular flexibility index (Phi) is 7.51. The number of aromatic nitrogens is 4. The van der Waals surface area contributed by atoms with E-state index in [0.717, 1.165) is 65.7 Å². The van der Waals surface area contributed by atoms with E-state index in [1.807, 2.05) is 43.7 Å². The molecule has 1 atom stereocenters. The molecule has 2 N–H and O–H groups in total. The van der Waals surface area contributed by atoms with Crippen LogP contribution in [-0.2, 0) is 34.0 Å². The van der Waals surface area contributed by atoms with E-state index in [2.05, 4.69) is 24.2 Å². The van der Waals surface area contributed by atoms with Crippen LogP contribution in [0.3, 0.4) is 0 Å². The summed E-state index contributed by atoms with van der Waals surface area (Å²) >= 11 is 0. The highest BCUT2D eigenvalue weighted by molar-refractivity contribution is 6.76. The standard InChI is InChI=1S/C28H42N6O4Si/c1-28(2,3)38-27(35)32-16-21-23(17-32)33(18-36-13-14-39(4,5)6)26(30-21)25-20-15-19(29)10-11-22(20)34(31-25)24-9-7-8-12-37-24/h10-11,15,24H,7-9,12-14,16-18,29H2,1-6H3. The zero-order valence-electron chi connectivity index (χ0n) is 24.1. The molecule has 5 rings (SSSR count). The Bertz CT molecular complexity index is 1350. The summed E-state index contributed by atoms with van der Waals surface area (Å²) < 4.78 is 22.0. The number of anilines is 1. The second-order valence-corrected chi connectivity index (χ2v) is 18.5. The van der Waals surface area contributed by atoms with Gasteiger partial charge < -0.3 is 24.5 Å². The van der Waals surface area contributed by atoms with E-state index in [9.17, 15) is 4.79 Å². The highest BCUT2D eigenvalue weighted by Crippen LogP contribution is 2.36. The minimum Gasteiger partial charge on any atom is -0.444 e. The fraction of sp³-hybridized carbons (Fsp3) is 0.607. The largest absolute Gasteiger partial charge is 0.444 e. The Labute approximate surface area is 231 Å². The molecule has 39 heavy (non-hydrogen) atoms. The minimum absolute atomic E-state index is 0.121. The molecule has 212 valence electrons. The maximum Gasteiger partial charge on any atom is 0.410 e. The van der Waals surface area contributed by atoms with Gasteiger partial charge in [-0.3, -0.25) is 4.90 Å². The molecule has 1 amide bonds. The highest BCUT2D eigenvalue weighted by Gasteiger charge is 2.34. The van der Waals surface area contributed by atoms with Gasteiger partial charge >= 0.3 is 6.09 Å². The lowest BCUT2D eigenvalue weighted by Crippen LogP contribution is -2.34. The number of carbonyl (C=O) groups excluding carboxylic acids is 1. The Balaban J connectivity index is 1.52. The van der Waals surface area contributed by atoms with Crippen molar-refractivity contribution in [2.75, 3.05) is 18.9 Å². The van der Waals surface area contributed by atoms with Gasteiger partial charge in [0.05, 0.1) is 30.0 Å². The number of ether oxygens (including phenoxy) is 3. The number of hydrogen-bond donors (Lipinski definition) is 1. The van der Waals surface area contributed by atoms with Crippen molar-refractivity contribution in [3.05, 3.63) is 29.6 Å². The molecule has 1 saturated heterocycles. The van der Waals surface area contributed by atoms with Crippen LogP contribution in [0.25, 0.3) is 22.4 Å². The smallest absolute Gasteiger partial charge is 0.410 e. The average Bonchev–Trinajstić information content (AvgIpc) is 3.52. The molecule has 0 saturated carbocycles. The van der Waals surface area contributed by atoms with Gasteiger partial charge in [-0.1, -0.05) is 19.6 Å². The molecular formula is C28H42N6O4Si. The summed E-state index contributed by atoms with van der Waals surface area (Å²) in [4.78, 5) is 19.6. The summed E-state index contributed by atoms with van der Waals surface area (Å²) in [5.74, 6) is 0.724. The van der Waals surface area contributed by atoms with Crippen molar-refractivity contribution in [3.8, 4) is 11.5 Å². The lowest BCUT2D eigenvalue weighted by atomic mass is 10.1. The van der Waals surface area contributed by atoms with Gasteiger partial charge in [-0.25, -0.2) is 14.5 Å². The Morgan fingerprint density at radius 1 is 1.21 bits per heavy atom. The molecule has 2 aliphatic rings. The van der Waals surface area contributed by atoms with E-state index < -0.39 is 13.7 Å². The van der Waals surface area contributed by atoms with Crippen molar-refractivity contribution in [3.63, 3.8) is 0 Å². The number of amides is 1. The van der Waals surface area contributed by atoms with Crippen LogP contribution >= 0.6 is 0 Å². The van der Waals surface area contributed by atoms with Crippen LogP contribution in [0.5, 0.6) is 0 Å². The van der Waals surface area contributed by atoms with Crippen molar-refractivity contribution in [1.82, 2.24) is 24.2 Å². The molecular weight excluding hydrogens is 512 g/mol. The van der Waals surface area contributed by atoms with E-state index in [4.69, 9.17) is 30.0 Å². The van der Waals surface area contributed by atoms with Crippen molar-refractivity contribution >= 4 is 30.8 Å². The first-order valence-electron chi connectivity index (χ1n) is 13.9. The van der Waals surface area contributed by atoms with Crippen molar-refractivity contribution < 1.29 is 19.0 Å². The molecule has 1 unspecified atom stereocenters.